The van der Waals surface area contributed by atoms with Crippen molar-refractivity contribution >= 4 is 23.2 Å². The van der Waals surface area contributed by atoms with Crippen molar-refractivity contribution in [2.45, 2.75) is 6.54 Å². The molecule has 2 aromatic carbocycles. The number of carbonyl (C=O) groups excluding carboxylic acids is 1. The number of rotatable bonds is 7. The number of nitrogens with zero attached hydrogens (tertiary/aromatic N) is 1. The zero-order valence-electron chi connectivity index (χ0n) is 14.9. The van der Waals surface area contributed by atoms with Gasteiger partial charge in [0.2, 0.25) is 0 Å². The minimum Gasteiger partial charge on any atom is -0.493 e. The molecule has 0 aliphatic heterocycles. The van der Waals surface area contributed by atoms with Gasteiger partial charge >= 0.3 is 0 Å². The summed E-state index contributed by atoms with van der Waals surface area (Å²) in [5, 5.41) is 12.0. The molecule has 1 amide bonds. The van der Waals surface area contributed by atoms with Crippen molar-refractivity contribution in [2.24, 2.45) is 0 Å². The number of carbonyl (C=O) groups is 1. The Bertz CT molecular complexity index is 833. The van der Waals surface area contributed by atoms with Gasteiger partial charge in [-0.1, -0.05) is 11.6 Å². The smallest absolute Gasteiger partial charge is 0.279 e. The first kappa shape index (κ1) is 19.6. The maximum Gasteiger partial charge on any atom is 0.279 e. The Labute approximate surface area is 157 Å². The molecule has 6 nitrogen and oxygen atoms in total. The number of nitrogens with one attached hydrogen (secondary N) is 2. The molecule has 0 aliphatic carbocycles. The lowest BCUT2D eigenvalue weighted by Crippen LogP contribution is -3.08. The van der Waals surface area contributed by atoms with E-state index in [1.165, 1.54) is 0 Å². The Morgan fingerprint density at radius 2 is 1.92 bits per heavy atom. The molecule has 0 bridgehead atoms. The van der Waals surface area contributed by atoms with Crippen LogP contribution in [0.5, 0.6) is 11.5 Å². The third kappa shape index (κ3) is 5.12. The van der Waals surface area contributed by atoms with Crippen LogP contribution in [0.3, 0.4) is 0 Å². The number of benzene rings is 2. The molecule has 2 rings (SSSR count). The molecule has 26 heavy (non-hydrogen) atoms. The van der Waals surface area contributed by atoms with Crippen LogP contribution in [-0.4, -0.2) is 33.7 Å². The quantitative estimate of drug-likeness (QED) is 0.776. The third-order valence-electron chi connectivity index (χ3n) is 3.79. The third-order valence-corrected chi connectivity index (χ3v) is 4.10. The Morgan fingerprint density at radius 1 is 1.19 bits per heavy atom. The molecular weight excluding hydrogens is 354 g/mol. The lowest BCUT2D eigenvalue weighted by atomic mass is 10.2. The Morgan fingerprint density at radius 3 is 2.54 bits per heavy atom. The first-order valence-corrected chi connectivity index (χ1v) is 8.36. The highest BCUT2D eigenvalue weighted by molar-refractivity contribution is 6.32. The number of halogens is 1. The molecule has 0 saturated carbocycles. The highest BCUT2D eigenvalue weighted by Crippen LogP contribution is 2.27. The Balaban J connectivity index is 1.95. The van der Waals surface area contributed by atoms with Crippen LogP contribution in [-0.2, 0) is 11.3 Å². The molecule has 0 aliphatic rings. The van der Waals surface area contributed by atoms with E-state index in [9.17, 15) is 4.79 Å². The van der Waals surface area contributed by atoms with Gasteiger partial charge in [-0.15, -0.1) is 0 Å². The monoisotopic (exact) mass is 374 g/mol. The summed E-state index contributed by atoms with van der Waals surface area (Å²) < 4.78 is 10.5. The summed E-state index contributed by atoms with van der Waals surface area (Å²) in [6, 6.07) is 12.5. The predicted molar refractivity (Wildman–Crippen MR) is 99.8 cm³/mol. The number of ether oxygens (including phenoxy) is 2. The molecule has 1 unspecified atom stereocenters. The maximum absolute atomic E-state index is 12.2. The van der Waals surface area contributed by atoms with Gasteiger partial charge in [-0.25, -0.2) is 0 Å². The van der Waals surface area contributed by atoms with Crippen molar-refractivity contribution in [1.29, 1.82) is 5.26 Å². The topological polar surface area (TPSA) is 75.8 Å². The van der Waals surface area contributed by atoms with Gasteiger partial charge in [-0.3, -0.25) is 4.79 Å². The molecule has 0 aromatic heterocycles. The number of amides is 1. The minimum atomic E-state index is -0.135. The van der Waals surface area contributed by atoms with Crippen LogP contribution in [0.1, 0.15) is 11.1 Å². The molecule has 7 heteroatoms. The number of methoxy groups -OCH3 is 2. The molecule has 2 N–H and O–H groups in total. The van der Waals surface area contributed by atoms with Gasteiger partial charge in [0.15, 0.2) is 18.0 Å². The minimum absolute atomic E-state index is 0.135. The number of hydrogen-bond donors (Lipinski definition) is 2. The van der Waals surface area contributed by atoms with E-state index in [4.69, 9.17) is 26.3 Å². The van der Waals surface area contributed by atoms with Crippen LogP contribution in [0, 0.1) is 11.3 Å². The van der Waals surface area contributed by atoms with Crippen LogP contribution >= 0.6 is 11.6 Å². The van der Waals surface area contributed by atoms with E-state index in [1.807, 2.05) is 31.3 Å². The van der Waals surface area contributed by atoms with Crippen LogP contribution in [0.15, 0.2) is 36.4 Å². The Kier molecular flexibility index (Phi) is 6.84. The zero-order chi connectivity index (χ0) is 19.1. The molecule has 0 heterocycles. The summed E-state index contributed by atoms with van der Waals surface area (Å²) in [7, 11) is 5.12. The number of likely N-dealkylation sites (N-methyl/N-ethyl adjacent to an activating group) is 1. The van der Waals surface area contributed by atoms with E-state index in [2.05, 4.69) is 5.32 Å². The average Bonchev–Trinajstić information content (AvgIpc) is 2.61. The van der Waals surface area contributed by atoms with Gasteiger partial charge < -0.3 is 19.7 Å². The highest BCUT2D eigenvalue weighted by Gasteiger charge is 2.13. The second-order valence-corrected chi connectivity index (χ2v) is 6.26. The van der Waals surface area contributed by atoms with Crippen LogP contribution in [0.4, 0.5) is 5.69 Å². The number of hydrogen-bond acceptors (Lipinski definition) is 4. The van der Waals surface area contributed by atoms with E-state index < -0.39 is 0 Å². The fraction of sp³-hybridized carbons (Fsp3) is 0.263. The number of anilines is 1. The second-order valence-electron chi connectivity index (χ2n) is 5.85. The van der Waals surface area contributed by atoms with Crippen molar-refractivity contribution in [1.82, 2.24) is 0 Å². The van der Waals surface area contributed by atoms with E-state index in [0.29, 0.717) is 34.3 Å². The van der Waals surface area contributed by atoms with Crippen LogP contribution in [0.25, 0.3) is 0 Å². The lowest BCUT2D eigenvalue weighted by molar-refractivity contribution is -0.885. The SMILES string of the molecule is COc1ccc(C[NH+](C)CC(=O)Nc2ccc(C#N)c(Cl)c2)cc1OC. The number of quaternary nitrogens is 1. The Hall–Kier alpha value is -2.75. The summed E-state index contributed by atoms with van der Waals surface area (Å²) in [5.41, 5.74) is 1.98. The van der Waals surface area contributed by atoms with Gasteiger partial charge in [0, 0.05) is 11.3 Å². The molecule has 1 atom stereocenters. The normalized spacial score (nSPS) is 11.3. The summed E-state index contributed by atoms with van der Waals surface area (Å²) in [6.07, 6.45) is 0. The van der Waals surface area contributed by atoms with Crippen molar-refractivity contribution < 1.29 is 19.2 Å². The van der Waals surface area contributed by atoms with E-state index in [-0.39, 0.29) is 12.5 Å². The number of nitriles is 1. The van der Waals surface area contributed by atoms with Crippen LogP contribution in [0.2, 0.25) is 5.02 Å². The average molecular weight is 375 g/mol. The molecular formula is C19H21ClN3O3+. The van der Waals surface area contributed by atoms with Gasteiger partial charge in [0.25, 0.3) is 5.91 Å². The van der Waals surface area contributed by atoms with E-state index >= 15 is 0 Å². The first-order chi connectivity index (χ1) is 12.5. The summed E-state index contributed by atoms with van der Waals surface area (Å²) in [5.74, 6) is 1.20. The highest BCUT2D eigenvalue weighted by atomic mass is 35.5. The van der Waals surface area contributed by atoms with Crippen molar-refractivity contribution in [2.75, 3.05) is 33.1 Å². The maximum atomic E-state index is 12.2. The van der Waals surface area contributed by atoms with Gasteiger partial charge in [-0.05, 0) is 36.4 Å². The molecule has 0 saturated heterocycles. The van der Waals surface area contributed by atoms with Crippen molar-refractivity contribution in [3.63, 3.8) is 0 Å². The van der Waals surface area contributed by atoms with Gasteiger partial charge in [-0.2, -0.15) is 5.26 Å². The van der Waals surface area contributed by atoms with Gasteiger partial charge in [0.1, 0.15) is 12.6 Å². The van der Waals surface area contributed by atoms with E-state index in [1.54, 1.807) is 32.4 Å². The molecule has 2 aromatic rings. The fourth-order valence-electron chi connectivity index (χ4n) is 2.56. The van der Waals surface area contributed by atoms with Gasteiger partial charge in [0.05, 0.1) is 31.9 Å². The standard InChI is InChI=1S/C19H20ClN3O3/c1-23(11-13-4-7-17(25-2)18(8-13)26-3)12-19(24)22-15-6-5-14(10-21)16(20)9-15/h4-9H,11-12H2,1-3H3,(H,22,24)/p+1. The van der Waals surface area contributed by atoms with E-state index in [0.717, 1.165) is 10.5 Å². The molecule has 136 valence electrons. The molecule has 0 fully saturated rings. The largest absolute Gasteiger partial charge is 0.493 e. The first-order valence-electron chi connectivity index (χ1n) is 7.98. The molecule has 0 spiro atoms. The lowest BCUT2D eigenvalue weighted by Gasteiger charge is -2.15. The second kappa shape index (κ2) is 9.09. The summed E-state index contributed by atoms with van der Waals surface area (Å²) >= 11 is 5.98. The van der Waals surface area contributed by atoms with Crippen molar-refractivity contribution in [3.05, 3.63) is 52.5 Å². The van der Waals surface area contributed by atoms with Crippen molar-refractivity contribution in [3.8, 4) is 17.6 Å². The predicted octanol–water partition coefficient (Wildman–Crippen LogP) is 1.88. The van der Waals surface area contributed by atoms with Crippen LogP contribution < -0.4 is 19.7 Å². The summed E-state index contributed by atoms with van der Waals surface area (Å²) in [6.45, 7) is 0.938. The summed E-state index contributed by atoms with van der Waals surface area (Å²) in [4.78, 5) is 13.2. The zero-order valence-corrected chi connectivity index (χ0v) is 15.7. The fourth-order valence-corrected chi connectivity index (χ4v) is 2.79. The molecule has 0 radical (unpaired) electrons.